The average Bonchev–Trinajstić information content (AvgIpc) is 2.76. The van der Waals surface area contributed by atoms with Gasteiger partial charge in [0.05, 0.1) is 18.7 Å². The SMILES string of the molecule is CC(C)C[C@H](NCCO[C@H]1O[C@H](CN)[C@@H](O)[C@H](O)[C@H]1NC(=O)[C@@H](N)CCCN=C(N)N)C(N)=O. The summed E-state index contributed by atoms with van der Waals surface area (Å²) in [5.74, 6) is -0.820. The lowest BCUT2D eigenvalue weighted by molar-refractivity contribution is -0.261. The third kappa shape index (κ3) is 10.0. The van der Waals surface area contributed by atoms with E-state index in [2.05, 4.69) is 15.6 Å². The molecule has 0 unspecified atom stereocenters. The number of hydrogen-bond donors (Lipinski definition) is 9. The highest BCUT2D eigenvalue weighted by molar-refractivity contribution is 5.82. The molecule has 1 rings (SSSR count). The molecule has 14 nitrogen and oxygen atoms in total. The number of aliphatic hydroxyl groups is 2. The molecule has 0 saturated carbocycles. The Morgan fingerprint density at radius 2 is 1.85 bits per heavy atom. The van der Waals surface area contributed by atoms with Crippen molar-refractivity contribution in [2.75, 3.05) is 26.2 Å². The summed E-state index contributed by atoms with van der Waals surface area (Å²) in [5.41, 5.74) is 27.5. The number of nitrogens with one attached hydrogen (secondary N) is 2. The average molecular weight is 491 g/mol. The van der Waals surface area contributed by atoms with Crippen LogP contribution in [0.5, 0.6) is 0 Å². The fourth-order valence-corrected chi connectivity index (χ4v) is 3.52. The number of hydrogen-bond acceptors (Lipinski definition) is 10. The minimum Gasteiger partial charge on any atom is -0.388 e. The maximum atomic E-state index is 12.6. The summed E-state index contributed by atoms with van der Waals surface area (Å²) >= 11 is 0. The van der Waals surface area contributed by atoms with Crippen LogP contribution in [0.15, 0.2) is 4.99 Å². The van der Waals surface area contributed by atoms with Gasteiger partial charge in [0.2, 0.25) is 11.8 Å². The van der Waals surface area contributed by atoms with Crippen LogP contribution in [0.3, 0.4) is 0 Å². The largest absolute Gasteiger partial charge is 0.388 e. The van der Waals surface area contributed by atoms with Crippen molar-refractivity contribution in [3.63, 3.8) is 0 Å². The van der Waals surface area contributed by atoms with E-state index in [-0.39, 0.29) is 31.6 Å². The highest BCUT2D eigenvalue weighted by Crippen LogP contribution is 2.22. The quantitative estimate of drug-likeness (QED) is 0.0603. The molecule has 7 atom stereocenters. The summed E-state index contributed by atoms with van der Waals surface area (Å²) in [6.45, 7) is 4.53. The summed E-state index contributed by atoms with van der Waals surface area (Å²) in [5, 5.41) is 26.5. The van der Waals surface area contributed by atoms with Crippen molar-refractivity contribution in [1.82, 2.24) is 10.6 Å². The molecule has 0 spiro atoms. The molecule has 0 aromatic rings. The van der Waals surface area contributed by atoms with Gasteiger partial charge in [-0.15, -0.1) is 0 Å². The third-order valence-corrected chi connectivity index (χ3v) is 5.37. The fraction of sp³-hybridized carbons (Fsp3) is 0.850. The molecule has 0 aromatic carbocycles. The number of nitrogens with two attached hydrogens (primary N) is 5. The van der Waals surface area contributed by atoms with Crippen molar-refractivity contribution < 1.29 is 29.3 Å². The Morgan fingerprint density at radius 1 is 1.18 bits per heavy atom. The molecule has 1 saturated heterocycles. The first-order chi connectivity index (χ1) is 16.0. The molecule has 14 N–H and O–H groups in total. The summed E-state index contributed by atoms with van der Waals surface area (Å²) in [7, 11) is 0. The van der Waals surface area contributed by atoms with Crippen LogP contribution in [0, 0.1) is 5.92 Å². The van der Waals surface area contributed by atoms with E-state index in [4.69, 9.17) is 38.1 Å². The van der Waals surface area contributed by atoms with E-state index in [0.29, 0.717) is 25.8 Å². The monoisotopic (exact) mass is 490 g/mol. The van der Waals surface area contributed by atoms with E-state index >= 15 is 0 Å². The lowest BCUT2D eigenvalue weighted by Crippen LogP contribution is -2.66. The first kappa shape index (κ1) is 30.0. The van der Waals surface area contributed by atoms with Crippen LogP contribution in [-0.4, -0.2) is 97.0 Å². The lowest BCUT2D eigenvalue weighted by atomic mass is 9.96. The smallest absolute Gasteiger partial charge is 0.237 e. The maximum Gasteiger partial charge on any atom is 0.237 e. The summed E-state index contributed by atoms with van der Waals surface area (Å²) < 4.78 is 11.4. The van der Waals surface area contributed by atoms with Crippen LogP contribution in [0.1, 0.15) is 33.1 Å². The predicted molar refractivity (Wildman–Crippen MR) is 126 cm³/mol. The van der Waals surface area contributed by atoms with E-state index in [1.165, 1.54) is 0 Å². The Kier molecular flexibility index (Phi) is 13.2. The van der Waals surface area contributed by atoms with Crippen molar-refractivity contribution in [2.45, 2.75) is 75.8 Å². The molecule has 1 heterocycles. The second kappa shape index (κ2) is 15.0. The van der Waals surface area contributed by atoms with Gasteiger partial charge in [0.25, 0.3) is 0 Å². The number of carbonyl (C=O) groups is 2. The summed E-state index contributed by atoms with van der Waals surface area (Å²) in [6.07, 6.45) is -3.42. The second-order valence-electron chi connectivity index (χ2n) is 8.76. The number of ether oxygens (including phenoxy) is 2. The highest BCUT2D eigenvalue weighted by atomic mass is 16.7. The van der Waals surface area contributed by atoms with E-state index in [1.807, 2.05) is 13.8 Å². The number of aliphatic imine (C=N–C) groups is 1. The second-order valence-corrected chi connectivity index (χ2v) is 8.76. The van der Waals surface area contributed by atoms with Gasteiger partial charge in [0, 0.05) is 19.6 Å². The van der Waals surface area contributed by atoms with Gasteiger partial charge >= 0.3 is 0 Å². The van der Waals surface area contributed by atoms with E-state index in [9.17, 15) is 19.8 Å². The standard InChI is InChI=1S/C20H42N8O6/c1-10(2)8-12(17(23)31)26-6-7-33-19-14(16(30)15(29)13(9-21)34-19)28-18(32)11(22)4-3-5-27-20(24)25/h10-16,19,26,29-30H,3-9,21-22H2,1-2H3,(H2,23,31)(H,28,32)(H4,24,25,27)/t11-,12-,13+,14+,15+,16+,19-/m0/s1. The number of aliphatic hydroxyl groups excluding tert-OH is 2. The Hall–Kier alpha value is -2.07. The van der Waals surface area contributed by atoms with Crippen molar-refractivity contribution in [1.29, 1.82) is 0 Å². The van der Waals surface area contributed by atoms with Gasteiger partial charge in [-0.1, -0.05) is 13.8 Å². The van der Waals surface area contributed by atoms with E-state index in [1.54, 1.807) is 0 Å². The van der Waals surface area contributed by atoms with Gasteiger partial charge in [-0.3, -0.25) is 14.6 Å². The number of carbonyl (C=O) groups excluding carboxylic acids is 2. The Bertz CT molecular complexity index is 663. The third-order valence-electron chi connectivity index (χ3n) is 5.37. The van der Waals surface area contributed by atoms with Gasteiger partial charge in [-0.25, -0.2) is 0 Å². The molecule has 1 aliphatic heterocycles. The highest BCUT2D eigenvalue weighted by Gasteiger charge is 2.45. The molecule has 2 amide bonds. The van der Waals surface area contributed by atoms with E-state index in [0.717, 1.165) is 0 Å². The fourth-order valence-electron chi connectivity index (χ4n) is 3.52. The Balaban J connectivity index is 2.71. The minimum atomic E-state index is -1.41. The topological polar surface area (TPSA) is 260 Å². The van der Waals surface area contributed by atoms with E-state index < -0.39 is 54.5 Å². The number of rotatable bonds is 15. The Labute approximate surface area is 200 Å². The van der Waals surface area contributed by atoms with Gasteiger partial charge < -0.3 is 59.0 Å². The van der Waals surface area contributed by atoms with Crippen molar-refractivity contribution in [3.05, 3.63) is 0 Å². The Morgan fingerprint density at radius 3 is 2.41 bits per heavy atom. The summed E-state index contributed by atoms with van der Waals surface area (Å²) in [4.78, 5) is 28.0. The molecular formula is C20H42N8O6. The molecule has 14 heteroatoms. The van der Waals surface area contributed by atoms with Gasteiger partial charge in [0.1, 0.15) is 24.4 Å². The predicted octanol–water partition coefficient (Wildman–Crippen LogP) is -4.24. The maximum absolute atomic E-state index is 12.6. The molecule has 34 heavy (non-hydrogen) atoms. The molecule has 0 radical (unpaired) electrons. The normalized spacial score (nSPS) is 26.6. The molecule has 0 bridgehead atoms. The van der Waals surface area contributed by atoms with Gasteiger partial charge in [-0.05, 0) is 25.2 Å². The van der Waals surface area contributed by atoms with Crippen LogP contribution in [-0.2, 0) is 19.1 Å². The van der Waals surface area contributed by atoms with Gasteiger partial charge in [-0.2, -0.15) is 0 Å². The van der Waals surface area contributed by atoms with Crippen LogP contribution >= 0.6 is 0 Å². The molecule has 0 aromatic heterocycles. The molecular weight excluding hydrogens is 448 g/mol. The number of amides is 2. The molecule has 0 aliphatic carbocycles. The van der Waals surface area contributed by atoms with Crippen LogP contribution in [0.4, 0.5) is 0 Å². The summed E-state index contributed by atoms with van der Waals surface area (Å²) in [6, 6.07) is -2.52. The van der Waals surface area contributed by atoms with Crippen molar-refractivity contribution >= 4 is 17.8 Å². The minimum absolute atomic E-state index is 0.0511. The number of primary amides is 1. The molecule has 198 valence electrons. The lowest BCUT2D eigenvalue weighted by Gasteiger charge is -2.42. The first-order valence-electron chi connectivity index (χ1n) is 11.4. The zero-order valence-corrected chi connectivity index (χ0v) is 19.9. The van der Waals surface area contributed by atoms with Crippen LogP contribution in [0.2, 0.25) is 0 Å². The number of guanidine groups is 1. The van der Waals surface area contributed by atoms with Gasteiger partial charge in [0.15, 0.2) is 12.2 Å². The number of nitrogens with zero attached hydrogens (tertiary/aromatic N) is 1. The molecule has 1 fully saturated rings. The van der Waals surface area contributed by atoms with Crippen LogP contribution in [0.25, 0.3) is 0 Å². The van der Waals surface area contributed by atoms with Crippen molar-refractivity contribution in [2.24, 2.45) is 39.6 Å². The zero-order chi connectivity index (χ0) is 25.8. The van der Waals surface area contributed by atoms with Crippen LogP contribution < -0.4 is 39.3 Å². The first-order valence-corrected chi connectivity index (χ1v) is 11.4. The zero-order valence-electron chi connectivity index (χ0n) is 19.9. The van der Waals surface area contributed by atoms with Crippen molar-refractivity contribution in [3.8, 4) is 0 Å². The molecule has 1 aliphatic rings.